The van der Waals surface area contributed by atoms with Gasteiger partial charge in [-0.3, -0.25) is 0 Å². The third kappa shape index (κ3) is 61.2. The summed E-state index contributed by atoms with van der Waals surface area (Å²) in [5.41, 5.74) is 0. The molecule has 0 aromatic carbocycles. The maximum absolute atomic E-state index is 8.51. The first-order chi connectivity index (χ1) is 7.00. The largest absolute Gasteiger partial charge is 1.00 e. The molecule has 0 rings (SSSR count). The summed E-state index contributed by atoms with van der Waals surface area (Å²) in [5.74, 6) is 0.854. The molecule has 0 atom stereocenters. The third-order valence-electron chi connectivity index (χ3n) is 1.94. The maximum Gasteiger partial charge on any atom is 1.00 e. The van der Waals surface area contributed by atoms with Crippen molar-refractivity contribution in [1.29, 1.82) is 0 Å². The quantitative estimate of drug-likeness (QED) is 0.278. The van der Waals surface area contributed by atoms with Gasteiger partial charge >= 0.3 is 126 Å². The van der Waals surface area contributed by atoms with Gasteiger partial charge < -0.3 is 25.9 Å². The second-order valence-corrected chi connectivity index (χ2v) is 4.02. The Morgan fingerprint density at radius 3 is 1.42 bits per heavy atom. The summed E-state index contributed by atoms with van der Waals surface area (Å²) in [7, 11) is -2.17. The first-order valence-corrected chi connectivity index (χ1v) is 5.65. The molecule has 0 amide bonds. The van der Waals surface area contributed by atoms with E-state index in [2.05, 4.69) is 13.8 Å². The fourth-order valence-electron chi connectivity index (χ4n) is 1.19. The van der Waals surface area contributed by atoms with Gasteiger partial charge in [-0.05, 0) is 12.3 Å². The molecule has 0 aliphatic rings. The summed E-state index contributed by atoms with van der Waals surface area (Å²) in [6, 6.07) is 0. The number of hydrogen-bond acceptors (Lipinski definition) is 4. The maximum atomic E-state index is 8.51. The van der Waals surface area contributed by atoms with E-state index in [1.165, 1.54) is 32.1 Å². The van der Waals surface area contributed by atoms with Crippen LogP contribution in [0.3, 0.4) is 0 Å². The molecule has 0 fully saturated rings. The van der Waals surface area contributed by atoms with E-state index in [1.807, 2.05) is 0 Å². The Morgan fingerprint density at radius 2 is 1.11 bits per heavy atom. The van der Waals surface area contributed by atoms with Crippen molar-refractivity contribution in [2.75, 3.05) is 6.61 Å². The average molecular weight is 316 g/mol. The van der Waals surface area contributed by atoms with Crippen LogP contribution >= 0.6 is 0 Å². The Morgan fingerprint density at radius 1 is 0.789 bits per heavy atom. The van der Waals surface area contributed by atoms with Crippen LogP contribution in [0.4, 0.5) is 0 Å². The minimum atomic E-state index is -2.17. The van der Waals surface area contributed by atoms with Crippen molar-refractivity contribution in [3.8, 4) is 0 Å². The molecule has 0 saturated heterocycles. The van der Waals surface area contributed by atoms with E-state index >= 15 is 0 Å². The Balaban J connectivity index is -0.0000000161. The van der Waals surface area contributed by atoms with Crippen LogP contribution in [0, 0.1) is 5.92 Å². The number of rotatable bonds is 7. The second kappa shape index (κ2) is 33.5. The van der Waals surface area contributed by atoms with Crippen molar-refractivity contribution in [3.63, 3.8) is 0 Å². The Labute approximate surface area is 213 Å². The zero-order chi connectivity index (χ0) is 12.1. The minimum absolute atomic E-state index is 0. The van der Waals surface area contributed by atoms with Gasteiger partial charge in [0.2, 0.25) is 0 Å². The van der Waals surface area contributed by atoms with Crippen molar-refractivity contribution in [3.05, 3.63) is 0 Å². The molecule has 0 heterocycles. The predicted molar refractivity (Wildman–Crippen MR) is 66.5 cm³/mol. The molecular formula is C10H29BNa4O4. The molecule has 0 spiro atoms. The van der Waals surface area contributed by atoms with Gasteiger partial charge in [0.15, 0.2) is 0 Å². The van der Waals surface area contributed by atoms with E-state index in [-0.39, 0.29) is 124 Å². The average Bonchev–Trinajstić information content (AvgIpc) is 2.09. The number of hydrogen-bond donors (Lipinski definition) is 4. The van der Waals surface area contributed by atoms with Gasteiger partial charge in [0, 0.05) is 6.61 Å². The number of aliphatic hydroxyl groups excluding tert-OH is 1. The summed E-state index contributed by atoms with van der Waals surface area (Å²) in [4.78, 5) is 0. The smallest absolute Gasteiger partial charge is 1.00 e. The van der Waals surface area contributed by atoms with E-state index in [9.17, 15) is 0 Å². The number of unbranched alkanes of at least 4 members (excludes halogenated alkanes) is 4. The molecule has 0 aliphatic heterocycles. The summed E-state index contributed by atoms with van der Waals surface area (Å²) >= 11 is 0. The summed E-state index contributed by atoms with van der Waals surface area (Å²) in [5, 5.41) is 30.0. The van der Waals surface area contributed by atoms with E-state index in [0.717, 1.165) is 12.3 Å². The molecule has 0 aromatic rings. The molecule has 19 heavy (non-hydrogen) atoms. The van der Waals surface area contributed by atoms with E-state index in [0.29, 0.717) is 6.61 Å². The fraction of sp³-hybridized carbons (Fsp3) is 1.00. The van der Waals surface area contributed by atoms with Crippen LogP contribution in [-0.2, 0) is 0 Å². The monoisotopic (exact) mass is 316 g/mol. The van der Waals surface area contributed by atoms with Gasteiger partial charge in [-0.2, -0.15) is 0 Å². The summed E-state index contributed by atoms with van der Waals surface area (Å²) < 4.78 is 0. The van der Waals surface area contributed by atoms with Gasteiger partial charge in [-0.25, -0.2) is 0 Å². The van der Waals surface area contributed by atoms with Gasteiger partial charge in [0.1, 0.15) is 0 Å². The standard InChI is InChI=1S/C10H22O.BH3O3.4Na.4H/c1-10(2)8-6-4-3-5-7-9-11;2-1(3)4;;;;;;;;/h10-11H,3-9H2,1-2H3;2-4H;;;;;;;;/q;;4*+1;4*-1. The normalized spacial score (nSPS) is 7.74. The van der Waals surface area contributed by atoms with Crippen molar-refractivity contribution < 1.29 is 144 Å². The molecule has 0 unspecified atom stereocenters. The molecular weight excluding hydrogens is 287 g/mol. The third-order valence-corrected chi connectivity index (χ3v) is 1.94. The summed E-state index contributed by atoms with van der Waals surface area (Å²) in [6.07, 6.45) is 7.56. The molecule has 100 valence electrons. The van der Waals surface area contributed by atoms with E-state index < -0.39 is 7.32 Å². The summed E-state index contributed by atoms with van der Waals surface area (Å²) in [6.45, 7) is 4.91. The SMILES string of the molecule is CC(C)CCCCCCCO.OB(O)O.[H-].[H-].[H-].[H-].[Na+].[Na+].[Na+].[Na+]. The zero-order valence-corrected chi connectivity index (χ0v) is 21.9. The molecule has 0 bridgehead atoms. The van der Waals surface area contributed by atoms with Gasteiger partial charge in [-0.1, -0.05) is 46.0 Å². The van der Waals surface area contributed by atoms with Crippen molar-refractivity contribution >= 4 is 7.32 Å². The molecule has 0 aliphatic carbocycles. The molecule has 9 heteroatoms. The Hall–Kier alpha value is 3.90. The Bertz CT molecular complexity index is 136. The van der Waals surface area contributed by atoms with Crippen LogP contribution in [0.1, 0.15) is 58.1 Å². The van der Waals surface area contributed by atoms with Crippen molar-refractivity contribution in [2.24, 2.45) is 5.92 Å². The first kappa shape index (κ1) is 38.5. The first-order valence-electron chi connectivity index (χ1n) is 5.65. The van der Waals surface area contributed by atoms with Crippen LogP contribution in [0.15, 0.2) is 0 Å². The molecule has 0 saturated carbocycles. The Kier molecular flexibility index (Phi) is 67.8. The van der Waals surface area contributed by atoms with Crippen LogP contribution in [0.2, 0.25) is 0 Å². The van der Waals surface area contributed by atoms with Crippen molar-refractivity contribution in [1.82, 2.24) is 0 Å². The topological polar surface area (TPSA) is 80.9 Å². The second-order valence-electron chi connectivity index (χ2n) is 4.02. The molecule has 4 nitrogen and oxygen atoms in total. The van der Waals surface area contributed by atoms with E-state index in [4.69, 9.17) is 20.2 Å². The van der Waals surface area contributed by atoms with E-state index in [1.54, 1.807) is 0 Å². The molecule has 0 aromatic heterocycles. The zero-order valence-electron chi connectivity index (χ0n) is 17.9. The fourth-order valence-corrected chi connectivity index (χ4v) is 1.19. The van der Waals surface area contributed by atoms with Gasteiger partial charge in [0.05, 0.1) is 0 Å². The van der Waals surface area contributed by atoms with Crippen LogP contribution < -0.4 is 118 Å². The van der Waals surface area contributed by atoms with Gasteiger partial charge in [-0.15, -0.1) is 0 Å². The molecule has 0 radical (unpaired) electrons. The number of aliphatic hydroxyl groups is 1. The van der Waals surface area contributed by atoms with Crippen LogP contribution in [0.25, 0.3) is 0 Å². The minimum Gasteiger partial charge on any atom is -1.00 e. The predicted octanol–water partition coefficient (Wildman–Crippen LogP) is -10.6. The molecule has 4 N–H and O–H groups in total. The van der Waals surface area contributed by atoms with Crippen LogP contribution in [0.5, 0.6) is 0 Å². The van der Waals surface area contributed by atoms with Crippen molar-refractivity contribution in [2.45, 2.75) is 52.4 Å². The van der Waals surface area contributed by atoms with Crippen LogP contribution in [-0.4, -0.2) is 34.1 Å². The van der Waals surface area contributed by atoms with Gasteiger partial charge in [0.25, 0.3) is 0 Å².